The van der Waals surface area contributed by atoms with E-state index < -0.39 is 0 Å². The zero-order chi connectivity index (χ0) is 7.98. The molecular formula is C7H13IO2. The van der Waals surface area contributed by atoms with E-state index >= 15 is 0 Å². The van der Waals surface area contributed by atoms with Gasteiger partial charge in [-0.3, -0.25) is 4.79 Å². The van der Waals surface area contributed by atoms with Gasteiger partial charge in [0.15, 0.2) is 0 Å². The van der Waals surface area contributed by atoms with Gasteiger partial charge in [-0.2, -0.15) is 0 Å². The molecule has 0 aromatic carbocycles. The van der Waals surface area contributed by atoms with Crippen molar-refractivity contribution in [2.75, 3.05) is 11.0 Å². The van der Waals surface area contributed by atoms with Gasteiger partial charge >= 0.3 is 5.97 Å². The first kappa shape index (κ1) is 10.2. The van der Waals surface area contributed by atoms with Gasteiger partial charge in [0.25, 0.3) is 0 Å². The van der Waals surface area contributed by atoms with Gasteiger partial charge in [0.1, 0.15) is 6.61 Å². The Morgan fingerprint density at radius 2 is 2.20 bits per heavy atom. The second-order valence-electron chi connectivity index (χ2n) is 2.51. The fourth-order valence-electron chi connectivity index (χ4n) is 0.545. The van der Waals surface area contributed by atoms with Crippen LogP contribution in [0.3, 0.4) is 0 Å². The highest BCUT2D eigenvalue weighted by Crippen LogP contribution is 2.00. The summed E-state index contributed by atoms with van der Waals surface area (Å²) in [6.07, 6.45) is 0.538. The Morgan fingerprint density at radius 1 is 1.60 bits per heavy atom. The van der Waals surface area contributed by atoms with Crippen molar-refractivity contribution in [3.63, 3.8) is 0 Å². The van der Waals surface area contributed by atoms with Gasteiger partial charge in [-0.05, 0) is 5.92 Å². The molecule has 0 saturated carbocycles. The number of halogens is 1. The standard InChI is InChI=1S/C7H13IO2/c1-6(2)5-7(9)10-4-3-8/h6H,3-5H2,1-2H3. The van der Waals surface area contributed by atoms with Gasteiger partial charge in [0.2, 0.25) is 0 Å². The molecule has 2 nitrogen and oxygen atoms in total. The molecule has 0 N–H and O–H groups in total. The highest BCUT2D eigenvalue weighted by atomic mass is 127. The van der Waals surface area contributed by atoms with E-state index in [1.807, 2.05) is 13.8 Å². The van der Waals surface area contributed by atoms with Gasteiger partial charge < -0.3 is 4.74 Å². The maximum atomic E-state index is 10.8. The molecule has 0 heterocycles. The third-order valence-corrected chi connectivity index (χ3v) is 1.36. The van der Waals surface area contributed by atoms with Gasteiger partial charge in [0, 0.05) is 10.8 Å². The molecule has 0 aromatic heterocycles. The monoisotopic (exact) mass is 256 g/mol. The Kier molecular flexibility index (Phi) is 6.06. The van der Waals surface area contributed by atoms with Crippen molar-refractivity contribution in [3.8, 4) is 0 Å². The van der Waals surface area contributed by atoms with Crippen LogP contribution in [0.5, 0.6) is 0 Å². The lowest BCUT2D eigenvalue weighted by molar-refractivity contribution is -0.143. The van der Waals surface area contributed by atoms with E-state index in [0.29, 0.717) is 18.9 Å². The zero-order valence-electron chi connectivity index (χ0n) is 6.39. The summed E-state index contributed by atoms with van der Waals surface area (Å²) in [6.45, 7) is 4.56. The molecule has 10 heavy (non-hydrogen) atoms. The molecule has 0 radical (unpaired) electrons. The topological polar surface area (TPSA) is 26.3 Å². The summed E-state index contributed by atoms with van der Waals surface area (Å²) in [5.74, 6) is 0.327. The van der Waals surface area contributed by atoms with Crippen LogP contribution in [0.15, 0.2) is 0 Å². The molecular weight excluding hydrogens is 243 g/mol. The van der Waals surface area contributed by atoms with Crippen LogP contribution in [0.1, 0.15) is 20.3 Å². The lowest BCUT2D eigenvalue weighted by atomic mass is 10.1. The summed E-state index contributed by atoms with van der Waals surface area (Å²) in [5.41, 5.74) is 0. The van der Waals surface area contributed by atoms with E-state index in [0.717, 1.165) is 4.43 Å². The molecule has 60 valence electrons. The summed E-state index contributed by atoms with van der Waals surface area (Å²) >= 11 is 2.18. The first-order valence-electron chi connectivity index (χ1n) is 3.38. The van der Waals surface area contributed by atoms with Gasteiger partial charge in [0.05, 0.1) is 0 Å². The smallest absolute Gasteiger partial charge is 0.306 e. The van der Waals surface area contributed by atoms with Crippen LogP contribution in [-0.4, -0.2) is 17.0 Å². The molecule has 0 aliphatic rings. The molecule has 3 heteroatoms. The quantitative estimate of drug-likeness (QED) is 0.437. The molecule has 0 aliphatic heterocycles. The minimum atomic E-state index is -0.0772. The second kappa shape index (κ2) is 5.95. The molecule has 0 bridgehead atoms. The number of esters is 1. The van der Waals surface area contributed by atoms with Crippen LogP contribution < -0.4 is 0 Å². The first-order valence-corrected chi connectivity index (χ1v) is 4.91. The number of rotatable bonds is 4. The lowest BCUT2D eigenvalue weighted by Gasteiger charge is -2.03. The second-order valence-corrected chi connectivity index (χ2v) is 3.59. The van der Waals surface area contributed by atoms with Crippen molar-refractivity contribution in [2.45, 2.75) is 20.3 Å². The molecule has 0 saturated heterocycles. The Hall–Kier alpha value is 0.200. The summed E-state index contributed by atoms with van der Waals surface area (Å²) in [5, 5.41) is 0. The van der Waals surface area contributed by atoms with Gasteiger partial charge in [-0.15, -0.1) is 0 Å². The first-order chi connectivity index (χ1) is 4.66. The van der Waals surface area contributed by atoms with Crippen LogP contribution in [0.4, 0.5) is 0 Å². The minimum absolute atomic E-state index is 0.0772. The molecule has 0 aliphatic carbocycles. The van der Waals surface area contributed by atoms with Crippen LogP contribution in [0.25, 0.3) is 0 Å². The van der Waals surface area contributed by atoms with E-state index in [1.54, 1.807) is 0 Å². The fraction of sp³-hybridized carbons (Fsp3) is 0.857. The molecule has 0 rings (SSSR count). The van der Waals surface area contributed by atoms with Crippen molar-refractivity contribution >= 4 is 28.6 Å². The molecule has 0 unspecified atom stereocenters. The number of alkyl halides is 1. The lowest BCUT2D eigenvalue weighted by Crippen LogP contribution is -2.08. The average molecular weight is 256 g/mol. The van der Waals surface area contributed by atoms with Gasteiger partial charge in [-0.25, -0.2) is 0 Å². The number of hydrogen-bond donors (Lipinski definition) is 0. The maximum absolute atomic E-state index is 10.8. The Morgan fingerprint density at radius 3 is 2.60 bits per heavy atom. The summed E-state index contributed by atoms with van der Waals surface area (Å²) in [6, 6.07) is 0. The average Bonchev–Trinajstić information content (AvgIpc) is 1.82. The van der Waals surface area contributed by atoms with Crippen LogP contribution in [0.2, 0.25) is 0 Å². The summed E-state index contributed by atoms with van der Waals surface area (Å²) < 4.78 is 5.73. The predicted molar refractivity (Wildman–Crippen MR) is 49.3 cm³/mol. The number of hydrogen-bond acceptors (Lipinski definition) is 2. The van der Waals surface area contributed by atoms with Crippen molar-refractivity contribution in [1.82, 2.24) is 0 Å². The minimum Gasteiger partial charge on any atom is -0.465 e. The van der Waals surface area contributed by atoms with E-state index in [9.17, 15) is 4.79 Å². The van der Waals surface area contributed by atoms with Crippen molar-refractivity contribution in [2.24, 2.45) is 5.92 Å². The number of carbonyl (C=O) groups excluding carboxylic acids is 1. The molecule has 0 fully saturated rings. The SMILES string of the molecule is CC(C)CC(=O)OCCI. The highest BCUT2D eigenvalue weighted by molar-refractivity contribution is 14.1. The Balaban J connectivity index is 3.26. The highest BCUT2D eigenvalue weighted by Gasteiger charge is 2.04. The van der Waals surface area contributed by atoms with Crippen LogP contribution in [-0.2, 0) is 9.53 Å². The molecule has 0 aromatic rings. The van der Waals surface area contributed by atoms with Crippen molar-refractivity contribution < 1.29 is 9.53 Å². The number of ether oxygens (including phenoxy) is 1. The maximum Gasteiger partial charge on any atom is 0.306 e. The van der Waals surface area contributed by atoms with E-state index in [2.05, 4.69) is 22.6 Å². The largest absolute Gasteiger partial charge is 0.465 e. The molecule has 0 spiro atoms. The number of carbonyl (C=O) groups is 1. The third-order valence-electron chi connectivity index (χ3n) is 0.915. The normalized spacial score (nSPS) is 10.0. The Bertz CT molecular complexity index is 102. The third kappa shape index (κ3) is 6.32. The van der Waals surface area contributed by atoms with Crippen molar-refractivity contribution in [1.29, 1.82) is 0 Å². The molecule has 0 amide bonds. The van der Waals surface area contributed by atoms with Crippen molar-refractivity contribution in [3.05, 3.63) is 0 Å². The Labute approximate surface area is 75.5 Å². The predicted octanol–water partition coefficient (Wildman–Crippen LogP) is 2.01. The fourth-order valence-corrected chi connectivity index (χ4v) is 0.765. The van der Waals surface area contributed by atoms with E-state index in [4.69, 9.17) is 4.74 Å². The van der Waals surface area contributed by atoms with Crippen LogP contribution in [0, 0.1) is 5.92 Å². The van der Waals surface area contributed by atoms with E-state index in [-0.39, 0.29) is 5.97 Å². The summed E-state index contributed by atoms with van der Waals surface area (Å²) in [7, 11) is 0. The zero-order valence-corrected chi connectivity index (χ0v) is 8.55. The van der Waals surface area contributed by atoms with Crippen LogP contribution >= 0.6 is 22.6 Å². The van der Waals surface area contributed by atoms with E-state index in [1.165, 1.54) is 0 Å². The summed E-state index contributed by atoms with van der Waals surface area (Å²) in [4.78, 5) is 10.8. The molecule has 0 atom stereocenters. The van der Waals surface area contributed by atoms with Gasteiger partial charge in [-0.1, -0.05) is 36.4 Å².